The van der Waals surface area contributed by atoms with E-state index in [1.54, 1.807) is 0 Å². The molecule has 0 amide bonds. The second-order valence-corrected chi connectivity index (χ2v) is 35.5. The third kappa shape index (κ3) is 81.9. The van der Waals surface area contributed by atoms with E-state index >= 15 is 0 Å². The van der Waals surface area contributed by atoms with Crippen molar-refractivity contribution in [2.75, 3.05) is 39.6 Å². The first-order valence-corrected chi connectivity index (χ1v) is 48.5. The van der Waals surface area contributed by atoms with Gasteiger partial charge in [0.05, 0.1) is 26.4 Å². The van der Waals surface area contributed by atoms with Gasteiger partial charge in [0.25, 0.3) is 0 Å². The van der Waals surface area contributed by atoms with Crippen LogP contribution in [0.3, 0.4) is 0 Å². The maximum absolute atomic E-state index is 13.2. The summed E-state index contributed by atoms with van der Waals surface area (Å²) >= 11 is 0. The minimum Gasteiger partial charge on any atom is -0.462 e. The van der Waals surface area contributed by atoms with Crippen LogP contribution in [0.5, 0.6) is 0 Å². The number of phosphoric acid groups is 2. The van der Waals surface area contributed by atoms with Crippen LogP contribution in [0, 0.1) is 11.8 Å². The van der Waals surface area contributed by atoms with Crippen LogP contribution in [0.2, 0.25) is 0 Å². The van der Waals surface area contributed by atoms with Crippen LogP contribution in [0.15, 0.2) is 0 Å². The van der Waals surface area contributed by atoms with E-state index in [0.717, 1.165) is 102 Å². The average Bonchev–Trinajstić information content (AvgIpc) is 0.939. The largest absolute Gasteiger partial charge is 0.472 e. The first-order chi connectivity index (χ1) is 51.9. The summed E-state index contributed by atoms with van der Waals surface area (Å²) in [6, 6.07) is 0. The molecule has 0 aromatic carbocycles. The molecule has 0 spiro atoms. The zero-order valence-electron chi connectivity index (χ0n) is 70.5. The quantitative estimate of drug-likeness (QED) is 0.0222. The van der Waals surface area contributed by atoms with Crippen LogP contribution in [0.1, 0.15) is 472 Å². The highest BCUT2D eigenvalue weighted by molar-refractivity contribution is 7.47. The summed E-state index contributed by atoms with van der Waals surface area (Å²) in [6.45, 7) is 9.73. The fourth-order valence-electron chi connectivity index (χ4n) is 13.8. The van der Waals surface area contributed by atoms with Crippen molar-refractivity contribution in [2.45, 2.75) is 490 Å². The topological polar surface area (TPSA) is 237 Å². The van der Waals surface area contributed by atoms with E-state index in [1.165, 1.54) is 289 Å². The van der Waals surface area contributed by atoms with Crippen molar-refractivity contribution in [1.82, 2.24) is 0 Å². The Bertz CT molecular complexity index is 2050. The first-order valence-electron chi connectivity index (χ1n) is 45.5. The molecule has 17 nitrogen and oxygen atoms in total. The SMILES string of the molecule is CCCCCCCCCCCCCCCCCCCCCC(=O)OC[C@H](COP(=O)(O)OC[C@@H](O)COP(=O)(O)OC[C@@H](COC(=O)CCCCCCCCCCCC)OC(=O)CCCCCCCCCCCCCCCCC(C)C)OC(=O)CCCCCCCCCCCCCCCCCCCCC(C)C. The highest BCUT2D eigenvalue weighted by atomic mass is 31.2. The lowest BCUT2D eigenvalue weighted by Gasteiger charge is -2.21. The van der Waals surface area contributed by atoms with Gasteiger partial charge in [0.15, 0.2) is 12.2 Å². The summed E-state index contributed by atoms with van der Waals surface area (Å²) in [5.41, 5.74) is 0. The zero-order chi connectivity index (χ0) is 78.5. The van der Waals surface area contributed by atoms with Crippen LogP contribution in [0.4, 0.5) is 0 Å². The number of ether oxygens (including phenoxy) is 4. The molecule has 0 saturated carbocycles. The molecule has 5 atom stereocenters. The molecule has 2 unspecified atom stereocenters. The highest BCUT2D eigenvalue weighted by Gasteiger charge is 2.30. The van der Waals surface area contributed by atoms with Gasteiger partial charge in [0, 0.05) is 25.7 Å². The van der Waals surface area contributed by atoms with Gasteiger partial charge < -0.3 is 33.8 Å². The fourth-order valence-corrected chi connectivity index (χ4v) is 15.4. The van der Waals surface area contributed by atoms with Gasteiger partial charge in [-0.25, -0.2) is 9.13 Å². The highest BCUT2D eigenvalue weighted by Crippen LogP contribution is 2.45. The van der Waals surface area contributed by atoms with Crippen molar-refractivity contribution in [1.29, 1.82) is 0 Å². The molecule has 0 aliphatic heterocycles. The molecule has 0 aliphatic carbocycles. The van der Waals surface area contributed by atoms with Gasteiger partial charge in [-0.3, -0.25) is 37.3 Å². The Kier molecular flexibility index (Phi) is 77.9. The van der Waals surface area contributed by atoms with Crippen molar-refractivity contribution in [3.63, 3.8) is 0 Å². The van der Waals surface area contributed by atoms with E-state index in [-0.39, 0.29) is 25.7 Å². The predicted molar refractivity (Wildman–Crippen MR) is 442 cm³/mol. The molecule has 0 saturated heterocycles. The number of esters is 4. The van der Waals surface area contributed by atoms with Gasteiger partial charge in [-0.2, -0.15) is 0 Å². The molecule has 0 bridgehead atoms. The minimum atomic E-state index is -4.97. The molecule has 0 fully saturated rings. The number of unbranched alkanes of at least 4 members (excludes halogenated alkanes) is 57. The Balaban J connectivity index is 5.22. The Morgan fingerprint density at radius 2 is 0.430 bits per heavy atom. The second-order valence-electron chi connectivity index (χ2n) is 32.6. The number of hydrogen-bond donors (Lipinski definition) is 3. The Morgan fingerprint density at radius 3 is 0.636 bits per heavy atom. The van der Waals surface area contributed by atoms with Crippen LogP contribution < -0.4 is 0 Å². The summed E-state index contributed by atoms with van der Waals surface area (Å²) in [5, 5.41) is 10.7. The molecule has 107 heavy (non-hydrogen) atoms. The maximum Gasteiger partial charge on any atom is 0.472 e. The van der Waals surface area contributed by atoms with Crippen molar-refractivity contribution in [3.8, 4) is 0 Å². The van der Waals surface area contributed by atoms with Crippen LogP contribution >= 0.6 is 15.6 Å². The molecule has 0 radical (unpaired) electrons. The molecular formula is C88H172O17P2. The number of carbonyl (C=O) groups excluding carboxylic acids is 4. The molecule has 0 aromatic heterocycles. The number of phosphoric ester groups is 2. The van der Waals surface area contributed by atoms with Crippen molar-refractivity contribution in [2.24, 2.45) is 11.8 Å². The zero-order valence-corrected chi connectivity index (χ0v) is 72.2. The Labute approximate surface area is 658 Å². The van der Waals surface area contributed by atoms with Gasteiger partial charge in [-0.15, -0.1) is 0 Å². The second kappa shape index (κ2) is 79.3. The van der Waals surface area contributed by atoms with Crippen molar-refractivity contribution >= 4 is 39.5 Å². The van der Waals surface area contributed by atoms with Gasteiger partial charge in [0.1, 0.15) is 19.3 Å². The van der Waals surface area contributed by atoms with Crippen LogP contribution in [-0.4, -0.2) is 96.7 Å². The molecule has 636 valence electrons. The van der Waals surface area contributed by atoms with Gasteiger partial charge in [0.2, 0.25) is 0 Å². The van der Waals surface area contributed by atoms with Gasteiger partial charge in [-0.05, 0) is 37.5 Å². The molecule has 0 rings (SSSR count). The third-order valence-electron chi connectivity index (χ3n) is 20.7. The number of hydrogen-bond acceptors (Lipinski definition) is 15. The lowest BCUT2D eigenvalue weighted by molar-refractivity contribution is -0.161. The summed E-state index contributed by atoms with van der Waals surface area (Å²) < 4.78 is 68.9. The number of aliphatic hydroxyl groups is 1. The smallest absolute Gasteiger partial charge is 0.462 e. The monoisotopic (exact) mass is 1560 g/mol. The molecule has 0 aliphatic rings. The Hall–Kier alpha value is -1.94. The summed E-state index contributed by atoms with van der Waals surface area (Å²) in [5.74, 6) is -0.484. The van der Waals surface area contributed by atoms with Crippen molar-refractivity contribution < 1.29 is 80.2 Å². The molecule has 19 heteroatoms. The summed E-state index contributed by atoms with van der Waals surface area (Å²) in [6.07, 6.45) is 72.2. The minimum absolute atomic E-state index is 0.108. The van der Waals surface area contributed by atoms with E-state index in [4.69, 9.17) is 37.0 Å². The van der Waals surface area contributed by atoms with E-state index in [1.807, 2.05) is 0 Å². The van der Waals surface area contributed by atoms with Gasteiger partial charge >= 0.3 is 39.5 Å². The van der Waals surface area contributed by atoms with E-state index in [0.29, 0.717) is 25.7 Å². The van der Waals surface area contributed by atoms with Crippen LogP contribution in [-0.2, 0) is 65.4 Å². The average molecular weight is 1560 g/mol. The molecule has 3 N–H and O–H groups in total. The fraction of sp³-hybridized carbons (Fsp3) is 0.955. The maximum atomic E-state index is 13.2. The number of carbonyl (C=O) groups is 4. The van der Waals surface area contributed by atoms with Gasteiger partial charge in [-0.1, -0.05) is 420 Å². The predicted octanol–water partition coefficient (Wildman–Crippen LogP) is 27.0. The molecule has 0 heterocycles. The lowest BCUT2D eigenvalue weighted by atomic mass is 10.0. The third-order valence-corrected chi connectivity index (χ3v) is 22.6. The standard InChI is InChI=1S/C88H172O17P2/c1-7-9-11-13-15-17-19-20-21-22-23-27-30-36-41-47-53-59-65-71-86(91)99-77-84(105-87(92)72-66-60-54-48-42-37-31-28-25-24-26-29-34-39-44-50-56-62-68-80(3)4)79-103-107(96,97)101-75-82(89)74-100-106(94,95)102-78-83(76-98-85(90)70-64-58-52-46-18-16-14-12-10-8-2)104-88(93)73-67-61-55-49-43-38-33-32-35-40-45-51-57-63-69-81(5)6/h80-84,89H,7-79H2,1-6H3,(H,94,95)(H,96,97)/t82-,83+,84+/m0/s1. The van der Waals surface area contributed by atoms with E-state index < -0.39 is 97.5 Å². The van der Waals surface area contributed by atoms with Crippen LogP contribution in [0.25, 0.3) is 0 Å². The summed E-state index contributed by atoms with van der Waals surface area (Å²) in [4.78, 5) is 73.3. The molecular weight excluding hydrogens is 1390 g/mol. The Morgan fingerprint density at radius 1 is 0.252 bits per heavy atom. The van der Waals surface area contributed by atoms with E-state index in [9.17, 15) is 43.2 Å². The molecule has 0 aromatic rings. The number of aliphatic hydroxyl groups excluding tert-OH is 1. The summed E-state index contributed by atoms with van der Waals surface area (Å²) in [7, 11) is -9.93. The van der Waals surface area contributed by atoms with Crippen molar-refractivity contribution in [3.05, 3.63) is 0 Å². The van der Waals surface area contributed by atoms with E-state index in [2.05, 4.69) is 41.5 Å². The number of rotatable bonds is 87. The lowest BCUT2D eigenvalue weighted by Crippen LogP contribution is -2.30. The normalized spacial score (nSPS) is 13.8. The first kappa shape index (κ1) is 105.